The lowest BCUT2D eigenvalue weighted by molar-refractivity contribution is 0.129. The predicted molar refractivity (Wildman–Crippen MR) is 19.1 cm³/mol. The fourth-order valence-corrected chi connectivity index (χ4v) is 0. The molecule has 0 aromatic carbocycles. The summed E-state index contributed by atoms with van der Waals surface area (Å²) >= 11 is 0. The van der Waals surface area contributed by atoms with Gasteiger partial charge >= 0.3 is 0 Å². The molecule has 31 valence electrons. The van der Waals surface area contributed by atoms with Crippen molar-refractivity contribution in [1.82, 2.24) is 5.48 Å². The topological polar surface area (TPSA) is 34.3 Å². The van der Waals surface area contributed by atoms with Gasteiger partial charge in [0.05, 0.1) is 0 Å². The molecule has 0 rings (SSSR count). The van der Waals surface area contributed by atoms with Gasteiger partial charge < -0.3 is 0 Å². The van der Waals surface area contributed by atoms with E-state index in [2.05, 4.69) is 5.48 Å². The molecule has 0 aromatic rings. The highest BCUT2D eigenvalue weighted by Crippen LogP contribution is 1.69. The minimum absolute atomic E-state index is 0.0648. The van der Waals surface area contributed by atoms with E-state index in [-0.39, 0.29) is 6.04 Å². The molecule has 0 unspecified atom stereocenters. The van der Waals surface area contributed by atoms with E-state index in [9.17, 15) is 0 Å². The van der Waals surface area contributed by atoms with Gasteiger partial charge in [-0.2, -0.15) is 0 Å². The highest BCUT2D eigenvalue weighted by molar-refractivity contribution is 4.34. The second-order valence-electron chi connectivity index (χ2n) is 1.21. The number of rotatable bonds is 1. The Balaban J connectivity index is 2.54. The molecule has 2 nitrogen and oxygen atoms in total. The Morgan fingerprint density at radius 3 is 1.80 bits per heavy atom. The highest BCUT2D eigenvalue weighted by Gasteiger charge is 1.82. The standard InChI is InChI=1S/C3H8NO/c1-3(2)4-5/h3,5H,1-2H3. The van der Waals surface area contributed by atoms with E-state index in [1.165, 1.54) is 0 Å². The van der Waals surface area contributed by atoms with Gasteiger partial charge in [0.1, 0.15) is 0 Å². The molecule has 2 heteroatoms. The smallest absolute Gasteiger partial charge is 0.0479 e. The van der Waals surface area contributed by atoms with Crippen LogP contribution in [0.4, 0.5) is 0 Å². The number of hydrogen-bond acceptors (Lipinski definition) is 1. The molecule has 0 aromatic heterocycles. The molecule has 0 aliphatic carbocycles. The first-order valence-corrected chi connectivity index (χ1v) is 1.61. The van der Waals surface area contributed by atoms with Gasteiger partial charge in [0.2, 0.25) is 0 Å². The maximum atomic E-state index is 7.77. The Morgan fingerprint density at radius 2 is 1.80 bits per heavy atom. The van der Waals surface area contributed by atoms with Crippen LogP contribution in [0, 0.1) is 0 Å². The van der Waals surface area contributed by atoms with Gasteiger partial charge in [0, 0.05) is 6.04 Å². The van der Waals surface area contributed by atoms with Crippen LogP contribution >= 0.6 is 0 Å². The van der Waals surface area contributed by atoms with Gasteiger partial charge in [-0.05, 0) is 13.8 Å². The summed E-state index contributed by atoms with van der Waals surface area (Å²) in [7, 11) is 0. The molecule has 0 atom stereocenters. The molecule has 0 saturated heterocycles. The van der Waals surface area contributed by atoms with Gasteiger partial charge in [-0.25, -0.2) is 0 Å². The van der Waals surface area contributed by atoms with E-state index >= 15 is 0 Å². The second kappa shape index (κ2) is 2.18. The lowest BCUT2D eigenvalue weighted by Gasteiger charge is -1.89. The third-order valence-corrected chi connectivity index (χ3v) is 0.231. The van der Waals surface area contributed by atoms with Crippen molar-refractivity contribution >= 4 is 0 Å². The normalized spacial score (nSPS) is 9.60. The summed E-state index contributed by atoms with van der Waals surface area (Å²) in [6, 6.07) is 0.0648. The van der Waals surface area contributed by atoms with Gasteiger partial charge in [-0.3, -0.25) is 5.21 Å². The van der Waals surface area contributed by atoms with Crippen molar-refractivity contribution in [3.63, 3.8) is 0 Å². The van der Waals surface area contributed by atoms with E-state index in [0.29, 0.717) is 0 Å². The number of hydrogen-bond donors (Lipinski definition) is 1. The second-order valence-corrected chi connectivity index (χ2v) is 1.21. The van der Waals surface area contributed by atoms with Crippen LogP contribution in [0.5, 0.6) is 0 Å². The zero-order valence-corrected chi connectivity index (χ0v) is 3.47. The Bertz CT molecular complexity index is 20.9. The van der Waals surface area contributed by atoms with Crippen LogP contribution in [-0.4, -0.2) is 11.2 Å². The molecule has 0 aliphatic rings. The van der Waals surface area contributed by atoms with Crippen LogP contribution in [0.2, 0.25) is 0 Å². The SMILES string of the molecule is CC(C)[N]O. The molecule has 1 radical (unpaired) electrons. The van der Waals surface area contributed by atoms with Gasteiger partial charge in [0.15, 0.2) is 0 Å². The summed E-state index contributed by atoms with van der Waals surface area (Å²) in [6.07, 6.45) is 0. The summed E-state index contributed by atoms with van der Waals surface area (Å²) < 4.78 is 0. The van der Waals surface area contributed by atoms with E-state index in [0.717, 1.165) is 0 Å². The maximum absolute atomic E-state index is 7.77. The summed E-state index contributed by atoms with van der Waals surface area (Å²) in [6.45, 7) is 3.61. The van der Waals surface area contributed by atoms with Crippen LogP contribution in [0.1, 0.15) is 13.8 Å². The minimum Gasteiger partial charge on any atom is -0.297 e. The summed E-state index contributed by atoms with van der Waals surface area (Å²) in [5, 5.41) is 7.77. The molecular weight excluding hydrogens is 66.0 g/mol. The third kappa shape index (κ3) is 3.92. The number of hydroxylamine groups is 1. The third-order valence-electron chi connectivity index (χ3n) is 0.231. The Morgan fingerprint density at radius 1 is 1.60 bits per heavy atom. The van der Waals surface area contributed by atoms with Crippen molar-refractivity contribution in [2.45, 2.75) is 19.9 Å². The van der Waals surface area contributed by atoms with Crippen molar-refractivity contribution in [2.75, 3.05) is 0 Å². The molecule has 0 saturated carbocycles. The first-order chi connectivity index (χ1) is 2.27. The van der Waals surface area contributed by atoms with Crippen LogP contribution in [0.25, 0.3) is 0 Å². The first kappa shape index (κ1) is 4.92. The van der Waals surface area contributed by atoms with Gasteiger partial charge in [0.25, 0.3) is 0 Å². The lowest BCUT2D eigenvalue weighted by atomic mass is 10.4. The summed E-state index contributed by atoms with van der Waals surface area (Å²) in [5.74, 6) is 0. The summed E-state index contributed by atoms with van der Waals surface area (Å²) in [5.41, 5.74) is 2.89. The van der Waals surface area contributed by atoms with Crippen molar-refractivity contribution < 1.29 is 5.21 Å². The van der Waals surface area contributed by atoms with Gasteiger partial charge in [-0.1, -0.05) is 5.48 Å². The average molecular weight is 74.1 g/mol. The largest absolute Gasteiger partial charge is 0.297 e. The molecule has 0 bridgehead atoms. The fraction of sp³-hybridized carbons (Fsp3) is 1.00. The quantitative estimate of drug-likeness (QED) is 0.448. The lowest BCUT2D eigenvalue weighted by Crippen LogP contribution is -2.07. The van der Waals surface area contributed by atoms with E-state index in [4.69, 9.17) is 5.21 Å². The molecule has 0 spiro atoms. The van der Waals surface area contributed by atoms with Gasteiger partial charge in [-0.15, -0.1) is 0 Å². The first-order valence-electron chi connectivity index (χ1n) is 1.61. The van der Waals surface area contributed by atoms with Crippen molar-refractivity contribution in [3.05, 3.63) is 0 Å². The maximum Gasteiger partial charge on any atom is 0.0479 e. The fourth-order valence-electron chi connectivity index (χ4n) is 0. The zero-order chi connectivity index (χ0) is 4.28. The minimum atomic E-state index is 0.0648. The van der Waals surface area contributed by atoms with Crippen LogP contribution in [-0.2, 0) is 0 Å². The van der Waals surface area contributed by atoms with Crippen LogP contribution in [0.15, 0.2) is 0 Å². The molecule has 0 amide bonds. The molecule has 0 heterocycles. The molecule has 1 N–H and O–H groups in total. The molecule has 0 aliphatic heterocycles. The van der Waals surface area contributed by atoms with E-state index in [1.54, 1.807) is 13.8 Å². The monoisotopic (exact) mass is 74.1 g/mol. The number of nitrogens with zero attached hydrogens (tertiary/aromatic N) is 1. The zero-order valence-electron chi connectivity index (χ0n) is 3.47. The van der Waals surface area contributed by atoms with Crippen molar-refractivity contribution in [2.24, 2.45) is 0 Å². The van der Waals surface area contributed by atoms with E-state index < -0.39 is 0 Å². The predicted octanol–water partition coefficient (Wildman–Crippen LogP) is 0.388. The van der Waals surface area contributed by atoms with E-state index in [1.807, 2.05) is 0 Å². The molecular formula is C3H8NO. The van der Waals surface area contributed by atoms with Crippen LogP contribution in [0.3, 0.4) is 0 Å². The van der Waals surface area contributed by atoms with Crippen LogP contribution < -0.4 is 5.48 Å². The van der Waals surface area contributed by atoms with Crippen molar-refractivity contribution in [1.29, 1.82) is 0 Å². The Hall–Kier alpha value is -0.0800. The molecule has 5 heavy (non-hydrogen) atoms. The Kier molecular flexibility index (Phi) is 2.14. The molecule has 0 fully saturated rings. The summed E-state index contributed by atoms with van der Waals surface area (Å²) in [4.78, 5) is 0. The van der Waals surface area contributed by atoms with Crippen molar-refractivity contribution in [3.8, 4) is 0 Å². The average Bonchev–Trinajstić information content (AvgIpc) is 1.38. The Labute approximate surface area is 31.8 Å². The highest BCUT2D eigenvalue weighted by atomic mass is 16.5.